The van der Waals surface area contributed by atoms with Crippen molar-refractivity contribution in [3.8, 4) is 11.1 Å². The average molecular weight is 189 g/mol. The maximum Gasteiger partial charge on any atom is 0.526 e. The van der Waals surface area contributed by atoms with Gasteiger partial charge in [0.15, 0.2) is 0 Å². The highest BCUT2D eigenvalue weighted by Gasteiger charge is 2.16. The highest BCUT2D eigenvalue weighted by Crippen LogP contribution is 2.16. The summed E-state index contributed by atoms with van der Waals surface area (Å²) in [7, 11) is -1.57. The summed E-state index contributed by atoms with van der Waals surface area (Å²) in [6, 6.07) is 5.24. The molecule has 0 aliphatic heterocycles. The second kappa shape index (κ2) is 3.65. The molecule has 0 bridgehead atoms. The molecule has 0 aliphatic rings. The minimum atomic E-state index is -1.57. The first-order valence-corrected chi connectivity index (χ1v) is 4.12. The standard InChI is InChI=1S/C9H8BNO3/c12-10(13)9-4-8(6-14-9)7-2-1-3-11-5-7/h1-6,12-13H. The van der Waals surface area contributed by atoms with Crippen LogP contribution < -0.4 is 5.66 Å². The van der Waals surface area contributed by atoms with Gasteiger partial charge in [-0.25, -0.2) is 0 Å². The SMILES string of the molecule is OB(O)c1cc(-c2cccnc2)co1. The van der Waals surface area contributed by atoms with E-state index in [4.69, 9.17) is 14.5 Å². The highest BCUT2D eigenvalue weighted by atomic mass is 16.4. The molecule has 0 saturated carbocycles. The summed E-state index contributed by atoms with van der Waals surface area (Å²) >= 11 is 0. The first-order chi connectivity index (χ1) is 6.77. The van der Waals surface area contributed by atoms with E-state index in [0.717, 1.165) is 11.1 Å². The van der Waals surface area contributed by atoms with Crippen LogP contribution in [0.3, 0.4) is 0 Å². The van der Waals surface area contributed by atoms with E-state index in [2.05, 4.69) is 4.98 Å². The Bertz CT molecular complexity index is 413. The molecule has 0 saturated heterocycles. The van der Waals surface area contributed by atoms with Crippen LogP contribution in [0.1, 0.15) is 0 Å². The fourth-order valence-corrected chi connectivity index (χ4v) is 1.17. The van der Waals surface area contributed by atoms with Crippen molar-refractivity contribution in [1.29, 1.82) is 0 Å². The second-order valence-corrected chi connectivity index (χ2v) is 2.85. The zero-order valence-corrected chi connectivity index (χ0v) is 7.29. The Balaban J connectivity index is 2.34. The van der Waals surface area contributed by atoms with Gasteiger partial charge in [-0.15, -0.1) is 0 Å². The smallest absolute Gasteiger partial charge is 0.472 e. The predicted octanol–water partition coefficient (Wildman–Crippen LogP) is 0.0214. The zero-order valence-electron chi connectivity index (χ0n) is 7.29. The van der Waals surface area contributed by atoms with E-state index in [9.17, 15) is 0 Å². The lowest BCUT2D eigenvalue weighted by Crippen LogP contribution is -2.27. The normalized spacial score (nSPS) is 10.1. The quantitative estimate of drug-likeness (QED) is 0.653. The fraction of sp³-hybridized carbons (Fsp3) is 0. The molecule has 0 unspecified atom stereocenters. The van der Waals surface area contributed by atoms with Gasteiger partial charge < -0.3 is 14.5 Å². The van der Waals surface area contributed by atoms with Gasteiger partial charge in [0.1, 0.15) is 5.66 Å². The third-order valence-corrected chi connectivity index (χ3v) is 1.87. The van der Waals surface area contributed by atoms with Crippen LogP contribution >= 0.6 is 0 Å². The van der Waals surface area contributed by atoms with Gasteiger partial charge in [0.05, 0.1) is 6.26 Å². The molecule has 0 radical (unpaired) electrons. The van der Waals surface area contributed by atoms with E-state index < -0.39 is 7.12 Å². The Kier molecular flexibility index (Phi) is 2.34. The summed E-state index contributed by atoms with van der Waals surface area (Å²) < 4.78 is 4.95. The van der Waals surface area contributed by atoms with Crippen molar-refractivity contribution in [2.24, 2.45) is 0 Å². The molecular formula is C9H8BNO3. The van der Waals surface area contributed by atoms with Gasteiger partial charge in [-0.2, -0.15) is 0 Å². The molecule has 0 fully saturated rings. The van der Waals surface area contributed by atoms with Crippen molar-refractivity contribution in [2.75, 3.05) is 0 Å². The first kappa shape index (κ1) is 8.99. The van der Waals surface area contributed by atoms with E-state index in [-0.39, 0.29) is 5.66 Å². The zero-order chi connectivity index (χ0) is 9.97. The summed E-state index contributed by atoms with van der Waals surface area (Å²) in [6.45, 7) is 0. The molecule has 14 heavy (non-hydrogen) atoms. The van der Waals surface area contributed by atoms with Crippen LogP contribution in [0, 0.1) is 0 Å². The molecule has 0 spiro atoms. The number of furan rings is 1. The van der Waals surface area contributed by atoms with Crippen molar-refractivity contribution >= 4 is 12.8 Å². The summed E-state index contributed by atoms with van der Waals surface area (Å²) in [5, 5.41) is 17.7. The Labute approximate surface area is 81.0 Å². The molecular weight excluding hydrogens is 181 g/mol. The molecule has 0 aliphatic carbocycles. The maximum atomic E-state index is 8.83. The Hall–Kier alpha value is -1.59. The molecule has 5 heteroatoms. The lowest BCUT2D eigenvalue weighted by Gasteiger charge is -1.92. The number of rotatable bonds is 2. The maximum absolute atomic E-state index is 8.83. The van der Waals surface area contributed by atoms with E-state index in [1.807, 2.05) is 6.07 Å². The average Bonchev–Trinajstić information content (AvgIpc) is 2.68. The third-order valence-electron chi connectivity index (χ3n) is 1.87. The lowest BCUT2D eigenvalue weighted by atomic mass is 9.87. The van der Waals surface area contributed by atoms with E-state index in [1.54, 1.807) is 24.5 Å². The van der Waals surface area contributed by atoms with Crippen molar-refractivity contribution in [2.45, 2.75) is 0 Å². The molecule has 0 atom stereocenters. The first-order valence-electron chi connectivity index (χ1n) is 4.12. The number of pyridine rings is 1. The lowest BCUT2D eigenvalue weighted by molar-refractivity contribution is 0.409. The van der Waals surface area contributed by atoms with Crippen molar-refractivity contribution < 1.29 is 14.5 Å². The number of nitrogens with zero attached hydrogens (tertiary/aromatic N) is 1. The van der Waals surface area contributed by atoms with Gasteiger partial charge in [0.2, 0.25) is 0 Å². The minimum absolute atomic E-state index is 0.129. The predicted molar refractivity (Wildman–Crippen MR) is 51.8 cm³/mol. The molecule has 2 heterocycles. The molecule has 2 aromatic heterocycles. The van der Waals surface area contributed by atoms with E-state index in [0.29, 0.717) is 0 Å². The molecule has 70 valence electrons. The van der Waals surface area contributed by atoms with Gasteiger partial charge in [-0.05, 0) is 12.1 Å². The van der Waals surface area contributed by atoms with Gasteiger partial charge in [0.25, 0.3) is 0 Å². The number of hydrogen-bond acceptors (Lipinski definition) is 4. The van der Waals surface area contributed by atoms with Gasteiger partial charge in [-0.3, -0.25) is 4.98 Å². The van der Waals surface area contributed by atoms with Crippen LogP contribution in [0.25, 0.3) is 11.1 Å². The largest absolute Gasteiger partial charge is 0.526 e. The van der Waals surface area contributed by atoms with Gasteiger partial charge in [-0.1, -0.05) is 6.07 Å². The van der Waals surface area contributed by atoms with Crippen LogP contribution in [0.15, 0.2) is 41.3 Å². The number of aromatic nitrogens is 1. The molecule has 2 aromatic rings. The fourth-order valence-electron chi connectivity index (χ4n) is 1.17. The number of hydrogen-bond donors (Lipinski definition) is 2. The van der Waals surface area contributed by atoms with Crippen molar-refractivity contribution in [3.05, 3.63) is 36.9 Å². The Morgan fingerprint density at radius 3 is 2.71 bits per heavy atom. The second-order valence-electron chi connectivity index (χ2n) is 2.85. The molecule has 0 amide bonds. The molecule has 2 N–H and O–H groups in total. The van der Waals surface area contributed by atoms with Crippen molar-refractivity contribution in [1.82, 2.24) is 4.98 Å². The Morgan fingerprint density at radius 2 is 2.14 bits per heavy atom. The Morgan fingerprint density at radius 1 is 1.29 bits per heavy atom. The van der Waals surface area contributed by atoms with E-state index >= 15 is 0 Å². The third kappa shape index (κ3) is 1.68. The topological polar surface area (TPSA) is 66.5 Å². The van der Waals surface area contributed by atoms with Gasteiger partial charge in [0, 0.05) is 23.5 Å². The summed E-state index contributed by atoms with van der Waals surface area (Å²) in [5.74, 6) is 0. The van der Waals surface area contributed by atoms with Crippen LogP contribution in [-0.4, -0.2) is 22.2 Å². The van der Waals surface area contributed by atoms with E-state index in [1.165, 1.54) is 6.26 Å². The molecule has 4 nitrogen and oxygen atoms in total. The monoisotopic (exact) mass is 189 g/mol. The summed E-state index contributed by atoms with van der Waals surface area (Å²) in [5.41, 5.74) is 1.79. The summed E-state index contributed by atoms with van der Waals surface area (Å²) in [4.78, 5) is 3.95. The minimum Gasteiger partial charge on any atom is -0.472 e. The molecule has 0 aromatic carbocycles. The van der Waals surface area contributed by atoms with Crippen LogP contribution in [0.4, 0.5) is 0 Å². The highest BCUT2D eigenvalue weighted by molar-refractivity contribution is 6.57. The van der Waals surface area contributed by atoms with Crippen LogP contribution in [-0.2, 0) is 0 Å². The summed E-state index contributed by atoms with van der Waals surface area (Å²) in [6.07, 6.45) is 4.82. The van der Waals surface area contributed by atoms with Crippen LogP contribution in [0.2, 0.25) is 0 Å². The van der Waals surface area contributed by atoms with Gasteiger partial charge >= 0.3 is 7.12 Å². The molecule has 2 rings (SSSR count). The van der Waals surface area contributed by atoms with Crippen LogP contribution in [0.5, 0.6) is 0 Å². The van der Waals surface area contributed by atoms with Crippen molar-refractivity contribution in [3.63, 3.8) is 0 Å².